The molecule has 1 aliphatic heterocycles. The van der Waals surface area contributed by atoms with E-state index in [1.54, 1.807) is 30.6 Å². The summed E-state index contributed by atoms with van der Waals surface area (Å²) in [5.74, 6) is -0.867. The van der Waals surface area contributed by atoms with Gasteiger partial charge < -0.3 is 15.0 Å². The van der Waals surface area contributed by atoms with Crippen molar-refractivity contribution in [3.8, 4) is 16.9 Å². The highest BCUT2D eigenvalue weighted by Crippen LogP contribution is 2.30. The number of hydrogen-bond acceptors (Lipinski definition) is 4. The Hall–Kier alpha value is -3.42. The van der Waals surface area contributed by atoms with Crippen LogP contribution in [0.5, 0.6) is 5.75 Å². The zero-order chi connectivity index (χ0) is 19.7. The number of aromatic amines is 1. The van der Waals surface area contributed by atoms with Crippen molar-refractivity contribution in [1.29, 1.82) is 0 Å². The van der Waals surface area contributed by atoms with Gasteiger partial charge in [0.15, 0.2) is 0 Å². The van der Waals surface area contributed by atoms with E-state index in [9.17, 15) is 13.6 Å². The van der Waals surface area contributed by atoms with Gasteiger partial charge in [0.25, 0.3) is 0 Å². The molecule has 0 aliphatic carbocycles. The molecule has 0 spiro atoms. The molecule has 144 valence electrons. The molecule has 4 rings (SSSR count). The number of halogens is 2. The van der Waals surface area contributed by atoms with E-state index in [0.717, 1.165) is 5.56 Å². The maximum atomic E-state index is 14.7. The number of amides is 1. The Labute approximate surface area is 160 Å². The smallest absolute Gasteiger partial charge is 0.249 e. The molecule has 0 radical (unpaired) electrons. The second-order valence-corrected chi connectivity index (χ2v) is 6.51. The third-order valence-electron chi connectivity index (χ3n) is 4.72. The van der Waals surface area contributed by atoms with Crippen LogP contribution in [0.2, 0.25) is 0 Å². The Morgan fingerprint density at radius 1 is 1.21 bits per heavy atom. The monoisotopic (exact) mass is 384 g/mol. The molecule has 3 aromatic rings. The second kappa shape index (κ2) is 7.30. The molecule has 0 saturated carbocycles. The lowest BCUT2D eigenvalue weighted by Crippen LogP contribution is -2.33. The SMILES string of the molecule is COc1cc(F)cc(NC2CCN(c3ccc(-c4cn[nH]c4)cc3F)C2=O)c1. The number of carbonyl (C=O) groups is 1. The number of aromatic nitrogens is 2. The molecule has 1 atom stereocenters. The fourth-order valence-corrected chi connectivity index (χ4v) is 3.33. The molecule has 1 aromatic heterocycles. The van der Waals surface area contributed by atoms with Crippen LogP contribution >= 0.6 is 0 Å². The minimum Gasteiger partial charge on any atom is -0.497 e. The summed E-state index contributed by atoms with van der Waals surface area (Å²) in [5, 5.41) is 9.55. The predicted molar refractivity (Wildman–Crippen MR) is 101 cm³/mol. The van der Waals surface area contributed by atoms with Crippen molar-refractivity contribution in [2.24, 2.45) is 0 Å². The fraction of sp³-hybridized carbons (Fsp3) is 0.200. The maximum absolute atomic E-state index is 14.7. The number of methoxy groups -OCH3 is 1. The topological polar surface area (TPSA) is 70.2 Å². The van der Waals surface area contributed by atoms with Gasteiger partial charge in [-0.05, 0) is 30.2 Å². The first-order chi connectivity index (χ1) is 13.5. The average Bonchev–Trinajstić information content (AvgIpc) is 3.33. The molecule has 2 aromatic carbocycles. The molecular formula is C20H18F2N4O2. The summed E-state index contributed by atoms with van der Waals surface area (Å²) < 4.78 is 33.4. The average molecular weight is 384 g/mol. The molecule has 8 heteroatoms. The molecule has 1 saturated heterocycles. The highest BCUT2D eigenvalue weighted by atomic mass is 19.1. The lowest BCUT2D eigenvalue weighted by atomic mass is 10.1. The van der Waals surface area contributed by atoms with E-state index in [1.165, 1.54) is 30.2 Å². The summed E-state index contributed by atoms with van der Waals surface area (Å²) >= 11 is 0. The summed E-state index contributed by atoms with van der Waals surface area (Å²) in [5.41, 5.74) is 2.09. The largest absolute Gasteiger partial charge is 0.497 e. The predicted octanol–water partition coefficient (Wildman–Crippen LogP) is 3.58. The molecule has 1 aliphatic rings. The Kier molecular flexibility index (Phi) is 4.68. The van der Waals surface area contributed by atoms with Gasteiger partial charge in [0.2, 0.25) is 5.91 Å². The van der Waals surface area contributed by atoms with E-state index in [2.05, 4.69) is 15.5 Å². The Morgan fingerprint density at radius 3 is 2.79 bits per heavy atom. The van der Waals surface area contributed by atoms with Crippen LogP contribution in [0.1, 0.15) is 6.42 Å². The van der Waals surface area contributed by atoms with Crippen molar-refractivity contribution in [3.05, 3.63) is 60.4 Å². The van der Waals surface area contributed by atoms with Gasteiger partial charge in [-0.25, -0.2) is 8.78 Å². The highest BCUT2D eigenvalue weighted by molar-refractivity contribution is 6.01. The quantitative estimate of drug-likeness (QED) is 0.706. The van der Waals surface area contributed by atoms with Gasteiger partial charge in [-0.2, -0.15) is 5.10 Å². The first-order valence-corrected chi connectivity index (χ1v) is 8.76. The van der Waals surface area contributed by atoms with Crippen LogP contribution in [0.15, 0.2) is 48.8 Å². The molecule has 0 bridgehead atoms. The van der Waals surface area contributed by atoms with Crippen molar-refractivity contribution in [2.45, 2.75) is 12.5 Å². The number of anilines is 2. The molecule has 6 nitrogen and oxygen atoms in total. The summed E-state index contributed by atoms with van der Waals surface area (Å²) in [6.07, 6.45) is 3.74. The first-order valence-electron chi connectivity index (χ1n) is 8.76. The number of nitrogens with zero attached hydrogens (tertiary/aromatic N) is 2. The Morgan fingerprint density at radius 2 is 2.07 bits per heavy atom. The summed E-state index contributed by atoms with van der Waals surface area (Å²) in [7, 11) is 1.44. The maximum Gasteiger partial charge on any atom is 0.249 e. The first kappa shape index (κ1) is 18.0. The van der Waals surface area contributed by atoms with E-state index >= 15 is 0 Å². The zero-order valence-corrected chi connectivity index (χ0v) is 15.1. The van der Waals surface area contributed by atoms with Crippen molar-refractivity contribution >= 4 is 17.3 Å². The van der Waals surface area contributed by atoms with E-state index in [0.29, 0.717) is 30.0 Å². The lowest BCUT2D eigenvalue weighted by Gasteiger charge is -2.19. The normalized spacial score (nSPS) is 16.5. The fourth-order valence-electron chi connectivity index (χ4n) is 3.33. The van der Waals surface area contributed by atoms with Crippen LogP contribution < -0.4 is 15.0 Å². The Bertz CT molecular complexity index is 1010. The number of H-pyrrole nitrogens is 1. The molecule has 1 fully saturated rings. The standard InChI is InChI=1S/C20H18F2N4O2/c1-28-16-8-14(21)7-15(9-16)25-18-4-5-26(20(18)27)19-3-2-12(6-17(19)22)13-10-23-24-11-13/h2-3,6-11,18,25H,4-5H2,1H3,(H,23,24). The van der Waals surface area contributed by atoms with Gasteiger partial charge in [-0.15, -0.1) is 0 Å². The molecule has 28 heavy (non-hydrogen) atoms. The minimum absolute atomic E-state index is 0.221. The van der Waals surface area contributed by atoms with Crippen LogP contribution in [-0.2, 0) is 4.79 Å². The second-order valence-electron chi connectivity index (χ2n) is 6.51. The Balaban J connectivity index is 1.52. The summed E-state index contributed by atoms with van der Waals surface area (Å²) in [6, 6.07) is 8.30. The highest BCUT2D eigenvalue weighted by Gasteiger charge is 2.34. The molecule has 2 N–H and O–H groups in total. The molecular weight excluding hydrogens is 366 g/mol. The van der Waals surface area contributed by atoms with E-state index in [4.69, 9.17) is 4.74 Å². The van der Waals surface area contributed by atoms with Crippen LogP contribution in [0, 0.1) is 11.6 Å². The van der Waals surface area contributed by atoms with Crippen molar-refractivity contribution in [1.82, 2.24) is 10.2 Å². The number of nitrogens with one attached hydrogen (secondary N) is 2. The van der Waals surface area contributed by atoms with Crippen molar-refractivity contribution in [3.63, 3.8) is 0 Å². The van der Waals surface area contributed by atoms with Crippen LogP contribution in [0.25, 0.3) is 11.1 Å². The van der Waals surface area contributed by atoms with Gasteiger partial charge in [0, 0.05) is 36.1 Å². The van der Waals surface area contributed by atoms with Crippen molar-refractivity contribution < 1.29 is 18.3 Å². The number of carbonyl (C=O) groups excluding carboxylic acids is 1. The number of rotatable bonds is 5. The van der Waals surface area contributed by atoms with E-state index < -0.39 is 17.7 Å². The van der Waals surface area contributed by atoms with Gasteiger partial charge >= 0.3 is 0 Å². The third-order valence-corrected chi connectivity index (χ3v) is 4.72. The van der Waals surface area contributed by atoms with Gasteiger partial charge in [-0.3, -0.25) is 9.89 Å². The van der Waals surface area contributed by atoms with Crippen LogP contribution in [0.4, 0.5) is 20.2 Å². The van der Waals surface area contributed by atoms with Gasteiger partial charge in [-0.1, -0.05) is 6.07 Å². The molecule has 1 unspecified atom stereocenters. The van der Waals surface area contributed by atoms with Gasteiger partial charge in [0.1, 0.15) is 23.4 Å². The molecule has 1 amide bonds. The number of benzene rings is 2. The lowest BCUT2D eigenvalue weighted by molar-refractivity contribution is -0.117. The summed E-state index contributed by atoms with van der Waals surface area (Å²) in [6.45, 7) is 0.366. The van der Waals surface area contributed by atoms with E-state index in [1.807, 2.05) is 0 Å². The van der Waals surface area contributed by atoms with Crippen LogP contribution in [0.3, 0.4) is 0 Å². The minimum atomic E-state index is -0.570. The molecule has 2 heterocycles. The number of ether oxygens (including phenoxy) is 1. The zero-order valence-electron chi connectivity index (χ0n) is 15.1. The number of hydrogen-bond donors (Lipinski definition) is 2. The van der Waals surface area contributed by atoms with Gasteiger partial charge in [0.05, 0.1) is 19.0 Å². The summed E-state index contributed by atoms with van der Waals surface area (Å²) in [4.78, 5) is 14.2. The third kappa shape index (κ3) is 3.40. The van der Waals surface area contributed by atoms with E-state index in [-0.39, 0.29) is 11.6 Å². The van der Waals surface area contributed by atoms with Crippen molar-refractivity contribution in [2.75, 3.05) is 23.9 Å². The van der Waals surface area contributed by atoms with Crippen LogP contribution in [-0.4, -0.2) is 35.8 Å².